The van der Waals surface area contributed by atoms with Gasteiger partial charge in [0.05, 0.1) is 0 Å². The Balaban J connectivity index is 3.87. The summed E-state index contributed by atoms with van der Waals surface area (Å²) in [5, 5.41) is 3.63. The Hall–Kier alpha value is -0.0800. The molecule has 0 aliphatic carbocycles. The predicted octanol–water partition coefficient (Wildman–Crippen LogP) is 3.13. The van der Waals surface area contributed by atoms with Crippen molar-refractivity contribution in [3.63, 3.8) is 0 Å². The van der Waals surface area contributed by atoms with Crippen molar-refractivity contribution >= 4 is 0 Å². The number of nitrogens with zero attached hydrogens (tertiary/aromatic N) is 1. The molecule has 16 heavy (non-hydrogen) atoms. The Morgan fingerprint density at radius 3 is 2.12 bits per heavy atom. The molecule has 98 valence electrons. The molecule has 0 aromatic heterocycles. The standard InChI is InChI=1S/C14H32N2/c1-7-9-13(5)15-10-14(6)16(8-2)11-12(3)4/h12-15H,7-11H2,1-6H3. The minimum atomic E-state index is 0.645. The molecular formula is C14H32N2. The van der Waals surface area contributed by atoms with Gasteiger partial charge in [0.1, 0.15) is 0 Å². The molecule has 0 saturated heterocycles. The van der Waals surface area contributed by atoms with E-state index in [1.165, 1.54) is 19.4 Å². The van der Waals surface area contributed by atoms with E-state index < -0.39 is 0 Å². The number of hydrogen-bond donors (Lipinski definition) is 1. The highest BCUT2D eigenvalue weighted by Gasteiger charge is 2.13. The van der Waals surface area contributed by atoms with Crippen LogP contribution in [0.25, 0.3) is 0 Å². The Kier molecular flexibility index (Phi) is 8.96. The zero-order chi connectivity index (χ0) is 12.6. The lowest BCUT2D eigenvalue weighted by Gasteiger charge is -2.30. The number of likely N-dealkylation sites (N-methyl/N-ethyl adjacent to an activating group) is 1. The van der Waals surface area contributed by atoms with E-state index >= 15 is 0 Å². The summed E-state index contributed by atoms with van der Waals surface area (Å²) in [6.07, 6.45) is 2.55. The molecule has 0 aromatic carbocycles. The first-order valence-electron chi connectivity index (χ1n) is 6.98. The van der Waals surface area contributed by atoms with E-state index in [9.17, 15) is 0 Å². The van der Waals surface area contributed by atoms with Crippen molar-refractivity contribution in [1.82, 2.24) is 10.2 Å². The fraction of sp³-hybridized carbons (Fsp3) is 1.00. The van der Waals surface area contributed by atoms with Crippen LogP contribution in [0.3, 0.4) is 0 Å². The third-order valence-electron chi connectivity index (χ3n) is 3.11. The summed E-state index contributed by atoms with van der Waals surface area (Å²) in [5.41, 5.74) is 0. The molecule has 1 N–H and O–H groups in total. The second-order valence-electron chi connectivity index (χ2n) is 5.43. The maximum Gasteiger partial charge on any atom is 0.0192 e. The van der Waals surface area contributed by atoms with E-state index in [4.69, 9.17) is 0 Å². The fourth-order valence-electron chi connectivity index (χ4n) is 2.13. The van der Waals surface area contributed by atoms with Crippen LogP contribution in [-0.2, 0) is 0 Å². The van der Waals surface area contributed by atoms with Gasteiger partial charge >= 0.3 is 0 Å². The molecular weight excluding hydrogens is 196 g/mol. The average molecular weight is 228 g/mol. The molecule has 2 unspecified atom stereocenters. The third-order valence-corrected chi connectivity index (χ3v) is 3.11. The van der Waals surface area contributed by atoms with Crippen LogP contribution in [0.1, 0.15) is 54.4 Å². The molecule has 2 heteroatoms. The molecule has 0 amide bonds. The summed E-state index contributed by atoms with van der Waals surface area (Å²) in [4.78, 5) is 2.57. The van der Waals surface area contributed by atoms with Crippen molar-refractivity contribution in [2.75, 3.05) is 19.6 Å². The molecule has 0 saturated carbocycles. The van der Waals surface area contributed by atoms with Gasteiger partial charge in [-0.05, 0) is 32.7 Å². The predicted molar refractivity (Wildman–Crippen MR) is 73.9 cm³/mol. The lowest BCUT2D eigenvalue weighted by atomic mass is 10.1. The van der Waals surface area contributed by atoms with Crippen LogP contribution in [0.15, 0.2) is 0 Å². The minimum Gasteiger partial charge on any atom is -0.313 e. The van der Waals surface area contributed by atoms with Crippen molar-refractivity contribution < 1.29 is 0 Å². The van der Waals surface area contributed by atoms with Crippen LogP contribution in [0.2, 0.25) is 0 Å². The minimum absolute atomic E-state index is 0.645. The summed E-state index contributed by atoms with van der Waals surface area (Å²) >= 11 is 0. The molecule has 0 fully saturated rings. The monoisotopic (exact) mass is 228 g/mol. The van der Waals surface area contributed by atoms with Crippen LogP contribution < -0.4 is 5.32 Å². The molecule has 2 nitrogen and oxygen atoms in total. The van der Waals surface area contributed by atoms with Crippen LogP contribution in [-0.4, -0.2) is 36.6 Å². The largest absolute Gasteiger partial charge is 0.313 e. The smallest absolute Gasteiger partial charge is 0.0192 e. The summed E-state index contributed by atoms with van der Waals surface area (Å²) in [5.74, 6) is 0.760. The van der Waals surface area contributed by atoms with E-state index in [-0.39, 0.29) is 0 Å². The van der Waals surface area contributed by atoms with E-state index in [2.05, 4.69) is 51.8 Å². The Bertz CT molecular complexity index is 157. The van der Waals surface area contributed by atoms with Crippen molar-refractivity contribution in [3.05, 3.63) is 0 Å². The zero-order valence-electron chi connectivity index (χ0n) is 12.2. The number of rotatable bonds is 9. The summed E-state index contributed by atoms with van der Waals surface area (Å²) in [6.45, 7) is 17.2. The van der Waals surface area contributed by atoms with Crippen molar-refractivity contribution in [2.24, 2.45) is 5.92 Å². The molecule has 0 bridgehead atoms. The van der Waals surface area contributed by atoms with E-state index in [1.807, 2.05) is 0 Å². The molecule has 0 aliphatic rings. The van der Waals surface area contributed by atoms with E-state index in [0.717, 1.165) is 19.0 Å². The first-order valence-corrected chi connectivity index (χ1v) is 6.98. The zero-order valence-corrected chi connectivity index (χ0v) is 12.2. The van der Waals surface area contributed by atoms with Crippen LogP contribution in [0, 0.1) is 5.92 Å². The van der Waals surface area contributed by atoms with Gasteiger partial charge < -0.3 is 5.32 Å². The van der Waals surface area contributed by atoms with Crippen molar-refractivity contribution in [3.8, 4) is 0 Å². The third kappa shape index (κ3) is 7.24. The number of hydrogen-bond acceptors (Lipinski definition) is 2. The SMILES string of the molecule is CCCC(C)NCC(C)N(CC)CC(C)C. The highest BCUT2D eigenvalue weighted by atomic mass is 15.2. The Morgan fingerprint density at radius 2 is 1.69 bits per heavy atom. The van der Waals surface area contributed by atoms with Crippen molar-refractivity contribution in [1.29, 1.82) is 0 Å². The van der Waals surface area contributed by atoms with Gasteiger partial charge in [-0.15, -0.1) is 0 Å². The second kappa shape index (κ2) is 9.00. The van der Waals surface area contributed by atoms with Gasteiger partial charge in [-0.2, -0.15) is 0 Å². The van der Waals surface area contributed by atoms with Gasteiger partial charge in [0.15, 0.2) is 0 Å². The van der Waals surface area contributed by atoms with Gasteiger partial charge in [0.2, 0.25) is 0 Å². The highest BCUT2D eigenvalue weighted by Crippen LogP contribution is 2.04. The van der Waals surface area contributed by atoms with E-state index in [1.54, 1.807) is 0 Å². The van der Waals surface area contributed by atoms with Gasteiger partial charge in [0, 0.05) is 25.2 Å². The molecule has 0 aromatic rings. The van der Waals surface area contributed by atoms with Gasteiger partial charge in [-0.25, -0.2) is 0 Å². The molecule has 0 aliphatic heterocycles. The lowest BCUT2D eigenvalue weighted by Crippen LogP contribution is -2.44. The quantitative estimate of drug-likeness (QED) is 0.652. The fourth-order valence-corrected chi connectivity index (χ4v) is 2.13. The van der Waals surface area contributed by atoms with Gasteiger partial charge in [0.25, 0.3) is 0 Å². The lowest BCUT2D eigenvalue weighted by molar-refractivity contribution is 0.189. The molecule has 0 heterocycles. The number of nitrogens with one attached hydrogen (secondary N) is 1. The Labute approximate surface area is 103 Å². The summed E-state index contributed by atoms with van der Waals surface area (Å²) in [7, 11) is 0. The summed E-state index contributed by atoms with van der Waals surface area (Å²) < 4.78 is 0. The molecule has 0 radical (unpaired) electrons. The van der Waals surface area contributed by atoms with E-state index in [0.29, 0.717) is 12.1 Å². The maximum absolute atomic E-state index is 3.63. The highest BCUT2D eigenvalue weighted by molar-refractivity contribution is 4.72. The Morgan fingerprint density at radius 1 is 1.06 bits per heavy atom. The molecule has 2 atom stereocenters. The second-order valence-corrected chi connectivity index (χ2v) is 5.43. The normalized spacial score (nSPS) is 15.8. The van der Waals surface area contributed by atoms with Crippen LogP contribution in [0.4, 0.5) is 0 Å². The topological polar surface area (TPSA) is 15.3 Å². The van der Waals surface area contributed by atoms with Crippen LogP contribution >= 0.6 is 0 Å². The van der Waals surface area contributed by atoms with Gasteiger partial charge in [-0.1, -0.05) is 34.1 Å². The molecule has 0 rings (SSSR count). The summed E-state index contributed by atoms with van der Waals surface area (Å²) in [6, 6.07) is 1.30. The van der Waals surface area contributed by atoms with Crippen molar-refractivity contribution in [2.45, 2.75) is 66.5 Å². The maximum atomic E-state index is 3.63. The van der Waals surface area contributed by atoms with Gasteiger partial charge in [-0.3, -0.25) is 4.90 Å². The average Bonchev–Trinajstić information content (AvgIpc) is 2.22. The first kappa shape index (κ1) is 15.9. The molecule has 0 spiro atoms. The van der Waals surface area contributed by atoms with Crippen LogP contribution in [0.5, 0.6) is 0 Å². The first-order chi connectivity index (χ1) is 7.51.